The quantitative estimate of drug-likeness (QED) is 0.851. The molecule has 0 amide bonds. The van der Waals surface area contributed by atoms with Crippen molar-refractivity contribution in [3.63, 3.8) is 0 Å². The molecule has 0 aromatic heterocycles. The summed E-state index contributed by atoms with van der Waals surface area (Å²) in [6.45, 7) is 2.76. The number of anilines is 1. The Kier molecular flexibility index (Phi) is 3.38. The van der Waals surface area contributed by atoms with Crippen molar-refractivity contribution in [3.05, 3.63) is 30.1 Å². The monoisotopic (exact) mass is 236 g/mol. The maximum atomic E-state index is 13.2. The number of hydrogen-bond acceptors (Lipinski definition) is 2. The highest BCUT2D eigenvalue weighted by molar-refractivity contribution is 5.48. The summed E-state index contributed by atoms with van der Waals surface area (Å²) in [6, 6.07) is 6.72. The van der Waals surface area contributed by atoms with Crippen LogP contribution in [0.3, 0.4) is 0 Å². The molecule has 94 valence electrons. The Bertz CT molecular complexity index is 390. The van der Waals surface area contributed by atoms with Gasteiger partial charge in [0, 0.05) is 24.8 Å². The Labute approximate surface area is 103 Å². The third-order valence-corrected chi connectivity index (χ3v) is 3.87. The molecule has 3 heteroatoms. The average molecular weight is 236 g/mol. The topological polar surface area (TPSA) is 29.3 Å². The van der Waals surface area contributed by atoms with Crippen LogP contribution in [0, 0.1) is 11.7 Å². The van der Waals surface area contributed by atoms with E-state index in [-0.39, 0.29) is 11.4 Å². The smallest absolute Gasteiger partial charge is 0.125 e. The van der Waals surface area contributed by atoms with Crippen LogP contribution in [-0.2, 0) is 0 Å². The summed E-state index contributed by atoms with van der Waals surface area (Å²) in [5, 5.41) is 0. The number of benzene rings is 1. The fourth-order valence-electron chi connectivity index (χ4n) is 2.30. The summed E-state index contributed by atoms with van der Waals surface area (Å²) >= 11 is 0. The zero-order valence-electron chi connectivity index (χ0n) is 10.6. The molecule has 1 aliphatic carbocycles. The Morgan fingerprint density at radius 1 is 1.47 bits per heavy atom. The summed E-state index contributed by atoms with van der Waals surface area (Å²) in [4.78, 5) is 2.12. The third-order valence-electron chi connectivity index (χ3n) is 3.87. The van der Waals surface area contributed by atoms with Gasteiger partial charge in [0.2, 0.25) is 0 Å². The minimum atomic E-state index is -0.194. The largest absolute Gasteiger partial charge is 0.368 e. The third kappa shape index (κ3) is 2.78. The molecule has 0 heterocycles. The van der Waals surface area contributed by atoms with Gasteiger partial charge in [-0.2, -0.15) is 0 Å². The minimum Gasteiger partial charge on any atom is -0.368 e. The van der Waals surface area contributed by atoms with Crippen LogP contribution in [0.2, 0.25) is 0 Å². The minimum absolute atomic E-state index is 0.0744. The van der Waals surface area contributed by atoms with Gasteiger partial charge in [0.25, 0.3) is 0 Å². The lowest BCUT2D eigenvalue weighted by atomic mass is 9.92. The van der Waals surface area contributed by atoms with Gasteiger partial charge in [0.05, 0.1) is 0 Å². The Balaban J connectivity index is 2.17. The van der Waals surface area contributed by atoms with Crippen LogP contribution in [0.4, 0.5) is 10.1 Å². The van der Waals surface area contributed by atoms with E-state index >= 15 is 0 Å². The zero-order valence-corrected chi connectivity index (χ0v) is 10.6. The highest BCUT2D eigenvalue weighted by Gasteiger charge is 2.35. The highest BCUT2D eigenvalue weighted by Crippen LogP contribution is 2.39. The van der Waals surface area contributed by atoms with E-state index in [1.165, 1.54) is 18.9 Å². The van der Waals surface area contributed by atoms with Crippen LogP contribution >= 0.6 is 0 Å². The van der Waals surface area contributed by atoms with E-state index in [0.717, 1.165) is 18.0 Å². The molecule has 1 fully saturated rings. The molecule has 2 nitrogen and oxygen atoms in total. The molecule has 1 saturated carbocycles. The van der Waals surface area contributed by atoms with Gasteiger partial charge >= 0.3 is 0 Å². The van der Waals surface area contributed by atoms with E-state index in [9.17, 15) is 4.39 Å². The fourth-order valence-corrected chi connectivity index (χ4v) is 2.30. The van der Waals surface area contributed by atoms with Gasteiger partial charge in [-0.25, -0.2) is 4.39 Å². The van der Waals surface area contributed by atoms with Gasteiger partial charge in [0.1, 0.15) is 5.82 Å². The zero-order chi connectivity index (χ0) is 12.5. The fraction of sp³-hybridized carbons (Fsp3) is 0.571. The maximum Gasteiger partial charge on any atom is 0.125 e. The van der Waals surface area contributed by atoms with E-state index in [2.05, 4.69) is 11.8 Å². The first-order valence-corrected chi connectivity index (χ1v) is 6.24. The Hall–Kier alpha value is -1.09. The summed E-state index contributed by atoms with van der Waals surface area (Å²) < 4.78 is 13.2. The number of rotatable bonds is 5. The van der Waals surface area contributed by atoms with Crippen molar-refractivity contribution >= 4 is 5.69 Å². The standard InChI is InChI=1S/C14H21FN2/c1-14(10-16,9-11-6-7-11)17(2)13-5-3-4-12(15)8-13/h3-5,8,11H,6-7,9-10,16H2,1-2H3. The van der Waals surface area contributed by atoms with Crippen molar-refractivity contribution < 1.29 is 4.39 Å². The molecule has 1 aromatic carbocycles. The van der Waals surface area contributed by atoms with Gasteiger partial charge in [0.15, 0.2) is 0 Å². The maximum absolute atomic E-state index is 13.2. The highest BCUT2D eigenvalue weighted by atomic mass is 19.1. The second-order valence-corrected chi connectivity index (χ2v) is 5.39. The van der Waals surface area contributed by atoms with E-state index in [0.29, 0.717) is 6.54 Å². The molecule has 2 rings (SSSR count). The van der Waals surface area contributed by atoms with E-state index in [1.54, 1.807) is 12.1 Å². The predicted octanol–water partition coefficient (Wildman–Crippen LogP) is 2.78. The molecule has 0 spiro atoms. The van der Waals surface area contributed by atoms with Crippen LogP contribution < -0.4 is 10.6 Å². The molecule has 0 bridgehead atoms. The summed E-state index contributed by atoms with van der Waals surface area (Å²) in [7, 11) is 2.00. The van der Waals surface area contributed by atoms with Crippen molar-refractivity contribution in [3.8, 4) is 0 Å². The lowest BCUT2D eigenvalue weighted by molar-refractivity contribution is 0.396. The molecule has 17 heavy (non-hydrogen) atoms. The van der Waals surface area contributed by atoms with Gasteiger partial charge in [-0.15, -0.1) is 0 Å². The van der Waals surface area contributed by atoms with Gasteiger partial charge < -0.3 is 10.6 Å². The molecule has 1 aromatic rings. The second kappa shape index (κ2) is 4.65. The summed E-state index contributed by atoms with van der Waals surface area (Å²) in [6.07, 6.45) is 3.72. The molecular formula is C14H21FN2. The lowest BCUT2D eigenvalue weighted by Crippen LogP contribution is -2.50. The number of hydrogen-bond donors (Lipinski definition) is 1. The molecule has 1 aliphatic rings. The molecule has 0 aliphatic heterocycles. The first-order valence-electron chi connectivity index (χ1n) is 6.24. The van der Waals surface area contributed by atoms with Crippen LogP contribution in [0.15, 0.2) is 24.3 Å². The lowest BCUT2D eigenvalue weighted by Gasteiger charge is -2.40. The molecule has 1 atom stereocenters. The first-order chi connectivity index (χ1) is 8.05. The molecule has 0 saturated heterocycles. The van der Waals surface area contributed by atoms with Crippen molar-refractivity contribution in [1.82, 2.24) is 0 Å². The predicted molar refractivity (Wildman–Crippen MR) is 69.6 cm³/mol. The first kappa shape index (κ1) is 12.4. The van der Waals surface area contributed by atoms with E-state index < -0.39 is 0 Å². The number of nitrogens with two attached hydrogens (primary N) is 1. The van der Waals surface area contributed by atoms with Crippen molar-refractivity contribution in [1.29, 1.82) is 0 Å². The van der Waals surface area contributed by atoms with Crippen molar-refractivity contribution in [2.24, 2.45) is 11.7 Å². The molecule has 0 radical (unpaired) electrons. The van der Waals surface area contributed by atoms with Crippen molar-refractivity contribution in [2.75, 3.05) is 18.5 Å². The van der Waals surface area contributed by atoms with Gasteiger partial charge in [-0.05, 0) is 37.5 Å². The Morgan fingerprint density at radius 3 is 2.71 bits per heavy atom. The van der Waals surface area contributed by atoms with Crippen molar-refractivity contribution in [2.45, 2.75) is 31.7 Å². The SMILES string of the molecule is CN(c1cccc(F)c1)C(C)(CN)CC1CC1. The Morgan fingerprint density at radius 2 is 2.18 bits per heavy atom. The van der Waals surface area contributed by atoms with Crippen LogP contribution in [0.25, 0.3) is 0 Å². The number of likely N-dealkylation sites (N-methyl/N-ethyl adjacent to an activating group) is 1. The molecular weight excluding hydrogens is 215 g/mol. The van der Waals surface area contributed by atoms with Crippen LogP contribution in [0.1, 0.15) is 26.2 Å². The summed E-state index contributed by atoms with van der Waals surface area (Å²) in [5.74, 6) is 0.611. The summed E-state index contributed by atoms with van der Waals surface area (Å²) in [5.41, 5.74) is 6.75. The molecule has 1 unspecified atom stereocenters. The van der Waals surface area contributed by atoms with Crippen LogP contribution in [0.5, 0.6) is 0 Å². The van der Waals surface area contributed by atoms with E-state index in [1.807, 2.05) is 13.1 Å². The van der Waals surface area contributed by atoms with Gasteiger partial charge in [-0.3, -0.25) is 0 Å². The second-order valence-electron chi connectivity index (χ2n) is 5.39. The van der Waals surface area contributed by atoms with Crippen LogP contribution in [-0.4, -0.2) is 19.1 Å². The van der Waals surface area contributed by atoms with Gasteiger partial charge in [-0.1, -0.05) is 18.9 Å². The number of nitrogens with zero attached hydrogens (tertiary/aromatic N) is 1. The molecule has 2 N–H and O–H groups in total. The number of halogens is 1. The normalized spacial score (nSPS) is 18.8. The van der Waals surface area contributed by atoms with E-state index in [4.69, 9.17) is 5.73 Å². The average Bonchev–Trinajstić information content (AvgIpc) is 3.11.